The van der Waals surface area contributed by atoms with E-state index in [-0.39, 0.29) is 0 Å². The molecule has 1 N–H and O–H groups in total. The van der Waals surface area contributed by atoms with Crippen LogP contribution in [-0.4, -0.2) is 43.3 Å². The maximum Gasteiger partial charge on any atom is 0.307 e. The van der Waals surface area contributed by atoms with E-state index in [2.05, 4.69) is 15.9 Å². The normalized spacial score (nSPS) is 12.3. The van der Waals surface area contributed by atoms with Crippen molar-refractivity contribution in [3.63, 3.8) is 0 Å². The van der Waals surface area contributed by atoms with Gasteiger partial charge in [-0.05, 0) is 47.1 Å². The number of halogens is 1. The molecule has 0 aliphatic carbocycles. The molecular weight excluding hydrogens is 350 g/mol. The largest absolute Gasteiger partial charge is 0.493 e. The van der Waals surface area contributed by atoms with Gasteiger partial charge in [0.1, 0.15) is 0 Å². The monoisotopic (exact) mass is 373 g/mol. The van der Waals surface area contributed by atoms with Gasteiger partial charge in [-0.25, -0.2) is 0 Å². The number of aliphatic carboxylic acids is 1. The summed E-state index contributed by atoms with van der Waals surface area (Å²) in [4.78, 5) is 12.9. The number of nitrogens with zero attached hydrogens (tertiary/aromatic N) is 1. The average molecular weight is 374 g/mol. The molecule has 0 heterocycles. The Bertz CT molecular complexity index is 507. The van der Waals surface area contributed by atoms with Gasteiger partial charge in [-0.3, -0.25) is 4.79 Å². The lowest BCUT2D eigenvalue weighted by atomic mass is 10.1. The van der Waals surface area contributed by atoms with Gasteiger partial charge in [0.2, 0.25) is 0 Å². The summed E-state index contributed by atoms with van der Waals surface area (Å²) in [7, 11) is 3.52. The molecule has 1 atom stereocenters. The second-order valence-electron chi connectivity index (χ2n) is 5.39. The zero-order valence-corrected chi connectivity index (χ0v) is 15.1. The number of ether oxygens (including phenoxy) is 2. The Kier molecular flexibility index (Phi) is 7.68. The van der Waals surface area contributed by atoms with Crippen molar-refractivity contribution in [3.8, 4) is 11.5 Å². The molecule has 0 bridgehead atoms. The highest BCUT2D eigenvalue weighted by atomic mass is 79.9. The van der Waals surface area contributed by atoms with Gasteiger partial charge in [0.15, 0.2) is 11.5 Å². The minimum Gasteiger partial charge on any atom is -0.493 e. The Morgan fingerprint density at radius 2 is 2.14 bits per heavy atom. The number of hydrogen-bond acceptors (Lipinski definition) is 4. The first-order chi connectivity index (χ1) is 10.4. The third-order valence-corrected chi connectivity index (χ3v) is 3.79. The highest BCUT2D eigenvalue weighted by Gasteiger charge is 2.16. The van der Waals surface area contributed by atoms with Crippen LogP contribution < -0.4 is 9.47 Å². The predicted molar refractivity (Wildman–Crippen MR) is 89.6 cm³/mol. The van der Waals surface area contributed by atoms with Crippen LogP contribution in [0.3, 0.4) is 0 Å². The number of carboxylic acid groups (broad SMARTS) is 1. The molecule has 0 aromatic heterocycles. The van der Waals surface area contributed by atoms with Crippen molar-refractivity contribution < 1.29 is 19.4 Å². The topological polar surface area (TPSA) is 59.0 Å². The fourth-order valence-electron chi connectivity index (χ4n) is 2.13. The molecule has 22 heavy (non-hydrogen) atoms. The van der Waals surface area contributed by atoms with E-state index in [4.69, 9.17) is 14.6 Å². The van der Waals surface area contributed by atoms with Crippen LogP contribution in [0.25, 0.3) is 0 Å². The molecule has 6 heteroatoms. The Morgan fingerprint density at radius 1 is 1.45 bits per heavy atom. The van der Waals surface area contributed by atoms with E-state index >= 15 is 0 Å². The Labute approximate surface area is 140 Å². The maximum atomic E-state index is 10.9. The smallest absolute Gasteiger partial charge is 0.307 e. The zero-order chi connectivity index (χ0) is 16.7. The first-order valence-electron chi connectivity index (χ1n) is 7.29. The molecule has 0 aliphatic rings. The van der Waals surface area contributed by atoms with E-state index < -0.39 is 11.9 Å². The van der Waals surface area contributed by atoms with E-state index in [1.165, 1.54) is 0 Å². The summed E-state index contributed by atoms with van der Waals surface area (Å²) in [6, 6.07) is 3.91. The molecule has 0 saturated heterocycles. The third-order valence-electron chi connectivity index (χ3n) is 3.20. The molecular formula is C16H24BrNO4. The van der Waals surface area contributed by atoms with Crippen LogP contribution in [0, 0.1) is 5.92 Å². The maximum absolute atomic E-state index is 10.9. The Hall–Kier alpha value is -1.27. The lowest BCUT2D eigenvalue weighted by Gasteiger charge is -2.20. The van der Waals surface area contributed by atoms with Gasteiger partial charge in [-0.2, -0.15) is 0 Å². The molecule has 0 amide bonds. The van der Waals surface area contributed by atoms with Crippen molar-refractivity contribution in [2.75, 3.05) is 27.3 Å². The van der Waals surface area contributed by atoms with Crippen LogP contribution in [0.5, 0.6) is 11.5 Å². The van der Waals surface area contributed by atoms with Crippen LogP contribution in [-0.2, 0) is 11.3 Å². The number of benzene rings is 1. The van der Waals surface area contributed by atoms with Crippen molar-refractivity contribution in [2.45, 2.75) is 26.8 Å². The minimum atomic E-state index is -0.783. The fourth-order valence-corrected chi connectivity index (χ4v) is 2.73. The van der Waals surface area contributed by atoms with Crippen LogP contribution in [0.1, 0.15) is 25.8 Å². The van der Waals surface area contributed by atoms with E-state index in [1.54, 1.807) is 14.0 Å². The van der Waals surface area contributed by atoms with Crippen molar-refractivity contribution in [1.29, 1.82) is 0 Å². The Morgan fingerprint density at radius 3 is 2.68 bits per heavy atom. The first-order valence-corrected chi connectivity index (χ1v) is 8.08. The highest BCUT2D eigenvalue weighted by molar-refractivity contribution is 9.10. The molecule has 0 radical (unpaired) electrons. The third kappa shape index (κ3) is 5.50. The number of rotatable bonds is 9. The van der Waals surface area contributed by atoms with Gasteiger partial charge in [-0.1, -0.05) is 13.8 Å². The predicted octanol–water partition coefficient (Wildman–Crippen LogP) is 3.40. The molecule has 1 unspecified atom stereocenters. The summed E-state index contributed by atoms with van der Waals surface area (Å²) in [5.74, 6) is 0.198. The summed E-state index contributed by atoms with van der Waals surface area (Å²) >= 11 is 3.52. The number of carboxylic acids is 1. The van der Waals surface area contributed by atoms with Crippen molar-refractivity contribution in [2.24, 2.45) is 5.92 Å². The second kappa shape index (κ2) is 9.00. The SMILES string of the molecule is CCCOc1c(Br)cc(CN(C)CC(C)C(=O)O)cc1OC. The van der Waals surface area contributed by atoms with Gasteiger partial charge >= 0.3 is 5.97 Å². The highest BCUT2D eigenvalue weighted by Crippen LogP contribution is 2.37. The van der Waals surface area contributed by atoms with Gasteiger partial charge in [0, 0.05) is 13.1 Å². The van der Waals surface area contributed by atoms with Crippen LogP contribution in [0.15, 0.2) is 16.6 Å². The minimum absolute atomic E-state index is 0.400. The standard InChI is InChI=1S/C16H24BrNO4/c1-5-6-22-15-13(17)7-12(8-14(15)21-4)10-18(3)9-11(2)16(19)20/h7-8,11H,5-6,9-10H2,1-4H3,(H,19,20). The Balaban J connectivity index is 2.83. The molecule has 1 rings (SSSR count). The molecule has 124 valence electrons. The van der Waals surface area contributed by atoms with E-state index in [0.717, 1.165) is 16.5 Å². The molecule has 0 spiro atoms. The summed E-state index contributed by atoms with van der Waals surface area (Å²) in [5, 5.41) is 8.97. The van der Waals surface area contributed by atoms with Crippen molar-refractivity contribution in [3.05, 3.63) is 22.2 Å². The molecule has 1 aromatic carbocycles. The summed E-state index contributed by atoms with van der Waals surface area (Å²) in [6.07, 6.45) is 0.924. The number of hydrogen-bond donors (Lipinski definition) is 1. The fraction of sp³-hybridized carbons (Fsp3) is 0.562. The van der Waals surface area contributed by atoms with E-state index in [1.807, 2.05) is 31.0 Å². The summed E-state index contributed by atoms with van der Waals surface area (Å²) < 4.78 is 11.9. The van der Waals surface area contributed by atoms with E-state index in [9.17, 15) is 4.79 Å². The van der Waals surface area contributed by atoms with Crippen LogP contribution in [0.4, 0.5) is 0 Å². The molecule has 1 aromatic rings. The molecule has 0 saturated carbocycles. The van der Waals surface area contributed by atoms with Gasteiger partial charge in [0.25, 0.3) is 0 Å². The average Bonchev–Trinajstić information content (AvgIpc) is 2.45. The van der Waals surface area contributed by atoms with Crippen molar-refractivity contribution in [1.82, 2.24) is 4.90 Å². The summed E-state index contributed by atoms with van der Waals surface area (Å²) in [5.41, 5.74) is 1.03. The first kappa shape index (κ1) is 18.8. The second-order valence-corrected chi connectivity index (χ2v) is 6.25. The van der Waals surface area contributed by atoms with Crippen molar-refractivity contribution >= 4 is 21.9 Å². The lowest BCUT2D eigenvalue weighted by Crippen LogP contribution is -2.28. The molecule has 0 fully saturated rings. The van der Waals surface area contributed by atoms with Crippen LogP contribution >= 0.6 is 15.9 Å². The van der Waals surface area contributed by atoms with E-state index in [0.29, 0.717) is 31.2 Å². The zero-order valence-electron chi connectivity index (χ0n) is 13.6. The van der Waals surface area contributed by atoms with Crippen LogP contribution in [0.2, 0.25) is 0 Å². The quantitative estimate of drug-likeness (QED) is 0.718. The van der Waals surface area contributed by atoms with Gasteiger partial charge in [0.05, 0.1) is 24.1 Å². The molecule has 0 aliphatic heterocycles. The number of carbonyl (C=O) groups is 1. The lowest BCUT2D eigenvalue weighted by molar-refractivity contribution is -0.141. The molecule has 5 nitrogen and oxygen atoms in total. The summed E-state index contributed by atoms with van der Waals surface area (Å²) in [6.45, 7) is 5.51. The van der Waals surface area contributed by atoms with Gasteiger partial charge < -0.3 is 19.5 Å². The number of methoxy groups -OCH3 is 1. The van der Waals surface area contributed by atoms with Gasteiger partial charge in [-0.15, -0.1) is 0 Å².